The maximum absolute atomic E-state index is 13.8. The molecule has 3 aromatic rings. The lowest BCUT2D eigenvalue weighted by Crippen LogP contribution is -2.42. The van der Waals surface area contributed by atoms with E-state index in [4.69, 9.17) is 4.74 Å². The fraction of sp³-hybridized carbons (Fsp3) is 0.185. The number of hydrogen-bond acceptors (Lipinski definition) is 6. The van der Waals surface area contributed by atoms with Crippen LogP contribution in [-0.2, 0) is 14.8 Å². The maximum Gasteiger partial charge on any atom is 0.343 e. The van der Waals surface area contributed by atoms with Crippen molar-refractivity contribution in [3.8, 4) is 0 Å². The molecular weight excluding hydrogens is 464 g/mol. The van der Waals surface area contributed by atoms with Gasteiger partial charge in [0.15, 0.2) is 5.76 Å². The molecule has 0 bridgehead atoms. The lowest BCUT2D eigenvalue weighted by molar-refractivity contribution is 0.0685. The van der Waals surface area contributed by atoms with Gasteiger partial charge in [0.2, 0.25) is 5.78 Å². The monoisotopic (exact) mass is 490 g/mol. The summed E-state index contributed by atoms with van der Waals surface area (Å²) in [6.07, 6.45) is 0. The molecule has 7 nitrogen and oxygen atoms in total. The second kappa shape index (κ2) is 9.85. The Kier molecular flexibility index (Phi) is 6.86. The van der Waals surface area contributed by atoms with Crippen molar-refractivity contribution in [2.75, 3.05) is 27.2 Å². The molecule has 4 rings (SSSR count). The molecule has 1 aliphatic heterocycles. The van der Waals surface area contributed by atoms with Crippen molar-refractivity contribution in [1.82, 2.24) is 9.21 Å². The summed E-state index contributed by atoms with van der Waals surface area (Å²) < 4.78 is 34.3. The van der Waals surface area contributed by atoms with Crippen LogP contribution < -0.4 is 0 Å². The number of esters is 1. The molecule has 1 heterocycles. The number of nitrogens with zero attached hydrogens (tertiary/aromatic N) is 2. The van der Waals surface area contributed by atoms with Crippen LogP contribution in [0.4, 0.5) is 0 Å². The van der Waals surface area contributed by atoms with Crippen LogP contribution in [-0.4, -0.2) is 56.6 Å². The summed E-state index contributed by atoms with van der Waals surface area (Å²) in [5.74, 6) is -1.30. The molecule has 0 fully saturated rings. The number of fused-ring (bicyclic) bond motifs is 1. The molecule has 8 heteroatoms. The Bertz CT molecular complexity index is 1390. The van der Waals surface area contributed by atoms with Gasteiger partial charge >= 0.3 is 5.97 Å². The average Bonchev–Trinajstić information content (AvgIpc) is 2.85. The number of aryl methyl sites for hydroxylation is 1. The van der Waals surface area contributed by atoms with Crippen LogP contribution in [0, 0.1) is 6.92 Å². The fourth-order valence-electron chi connectivity index (χ4n) is 3.77. The van der Waals surface area contributed by atoms with Crippen LogP contribution in [0.5, 0.6) is 0 Å². The van der Waals surface area contributed by atoms with E-state index in [1.54, 1.807) is 72.8 Å². The Labute approximate surface area is 205 Å². The molecule has 0 amide bonds. The molecule has 0 saturated carbocycles. The highest BCUT2D eigenvalue weighted by molar-refractivity contribution is 7.89. The van der Waals surface area contributed by atoms with Gasteiger partial charge in [0.05, 0.1) is 10.5 Å². The molecule has 0 saturated heterocycles. The van der Waals surface area contributed by atoms with Gasteiger partial charge in [-0.3, -0.25) is 9.10 Å². The number of sulfonamides is 1. The predicted molar refractivity (Wildman–Crippen MR) is 133 cm³/mol. The van der Waals surface area contributed by atoms with E-state index in [2.05, 4.69) is 0 Å². The van der Waals surface area contributed by atoms with Crippen LogP contribution in [0.3, 0.4) is 0 Å². The summed E-state index contributed by atoms with van der Waals surface area (Å²) in [5.41, 5.74) is 1.55. The molecule has 0 aliphatic carbocycles. The first-order valence-corrected chi connectivity index (χ1v) is 12.5. The van der Waals surface area contributed by atoms with E-state index in [9.17, 15) is 18.0 Å². The number of benzene rings is 3. The molecule has 0 spiro atoms. The van der Waals surface area contributed by atoms with Crippen LogP contribution in [0.25, 0.3) is 5.76 Å². The normalized spacial score (nSPS) is 14.6. The van der Waals surface area contributed by atoms with E-state index in [0.29, 0.717) is 12.1 Å². The van der Waals surface area contributed by atoms with Crippen molar-refractivity contribution in [3.63, 3.8) is 0 Å². The highest BCUT2D eigenvalue weighted by Gasteiger charge is 2.41. The lowest BCUT2D eigenvalue weighted by Gasteiger charge is -2.33. The minimum absolute atomic E-state index is 0.00313. The lowest BCUT2D eigenvalue weighted by atomic mass is 10.0. The number of rotatable bonds is 7. The first-order valence-electron chi connectivity index (χ1n) is 11.1. The first kappa shape index (κ1) is 24.4. The number of likely N-dealkylation sites (N-methyl/N-ethyl adjacent to an activating group) is 1. The Balaban J connectivity index is 1.94. The number of hydrogen-bond donors (Lipinski definition) is 0. The second-order valence-corrected chi connectivity index (χ2v) is 10.3. The van der Waals surface area contributed by atoms with Gasteiger partial charge in [-0.05, 0) is 45.3 Å². The van der Waals surface area contributed by atoms with Crippen molar-refractivity contribution in [3.05, 3.63) is 107 Å². The third-order valence-corrected chi connectivity index (χ3v) is 7.50. The molecule has 180 valence electrons. The van der Waals surface area contributed by atoms with Gasteiger partial charge in [-0.1, -0.05) is 60.2 Å². The Morgan fingerprint density at radius 3 is 2.14 bits per heavy atom. The third kappa shape index (κ3) is 4.89. The number of ketones is 1. The summed E-state index contributed by atoms with van der Waals surface area (Å²) >= 11 is 0. The van der Waals surface area contributed by atoms with Crippen molar-refractivity contribution in [1.29, 1.82) is 0 Å². The number of ether oxygens (including phenoxy) is 1. The second-order valence-electron chi connectivity index (χ2n) is 8.51. The minimum Gasteiger partial charge on any atom is -0.420 e. The minimum atomic E-state index is -4.08. The molecule has 35 heavy (non-hydrogen) atoms. The highest BCUT2D eigenvalue weighted by Crippen LogP contribution is 2.39. The summed E-state index contributed by atoms with van der Waals surface area (Å²) in [7, 11) is -0.461. The van der Waals surface area contributed by atoms with E-state index < -0.39 is 21.8 Å². The number of carbonyl (C=O) groups is 2. The highest BCUT2D eigenvalue weighted by atomic mass is 32.2. The Hall–Kier alpha value is -3.75. The summed E-state index contributed by atoms with van der Waals surface area (Å²) in [6.45, 7) is 2.26. The van der Waals surface area contributed by atoms with Gasteiger partial charge in [0, 0.05) is 24.2 Å². The van der Waals surface area contributed by atoms with Gasteiger partial charge in [-0.15, -0.1) is 0 Å². The predicted octanol–water partition coefficient (Wildman–Crippen LogP) is 3.97. The first-order chi connectivity index (χ1) is 16.7. The zero-order valence-electron chi connectivity index (χ0n) is 19.8. The molecule has 3 aromatic carbocycles. The average molecular weight is 491 g/mol. The quantitative estimate of drug-likeness (QED) is 0.368. The molecule has 0 aromatic heterocycles. The maximum atomic E-state index is 13.8. The summed E-state index contributed by atoms with van der Waals surface area (Å²) in [6, 6.07) is 21.4. The van der Waals surface area contributed by atoms with Gasteiger partial charge in [-0.2, -0.15) is 0 Å². The summed E-state index contributed by atoms with van der Waals surface area (Å²) in [4.78, 5) is 28.7. The van der Waals surface area contributed by atoms with Gasteiger partial charge in [0.25, 0.3) is 10.0 Å². The van der Waals surface area contributed by atoms with Crippen molar-refractivity contribution >= 4 is 27.5 Å². The Morgan fingerprint density at radius 2 is 1.49 bits per heavy atom. The van der Waals surface area contributed by atoms with Crippen LogP contribution in [0.2, 0.25) is 0 Å². The van der Waals surface area contributed by atoms with Gasteiger partial charge in [0.1, 0.15) is 5.70 Å². The SMILES string of the molecule is Cc1ccc(C(=O)OC2=C(C(=O)c3ccccc3)N(CCN(C)C)S(=O)(=O)c3ccccc32)cc1. The van der Waals surface area contributed by atoms with E-state index in [0.717, 1.165) is 9.87 Å². The number of allylic oxidation sites excluding steroid dienone is 1. The van der Waals surface area contributed by atoms with Crippen LogP contribution >= 0.6 is 0 Å². The van der Waals surface area contributed by atoms with E-state index in [-0.39, 0.29) is 34.0 Å². The number of carbonyl (C=O) groups excluding carboxylic acids is 2. The van der Waals surface area contributed by atoms with E-state index in [1.807, 2.05) is 25.9 Å². The summed E-state index contributed by atoms with van der Waals surface area (Å²) in [5, 5.41) is 0. The Morgan fingerprint density at radius 1 is 0.857 bits per heavy atom. The topological polar surface area (TPSA) is 84.0 Å². The van der Waals surface area contributed by atoms with Gasteiger partial charge < -0.3 is 9.64 Å². The number of Topliss-reactive ketones (excluding diaryl/α,β-unsaturated/α-hetero) is 1. The molecule has 0 atom stereocenters. The third-order valence-electron chi connectivity index (χ3n) is 5.65. The molecular formula is C27H26N2O5S. The van der Waals surface area contributed by atoms with Crippen molar-refractivity contribution < 1.29 is 22.7 Å². The van der Waals surface area contributed by atoms with Crippen LogP contribution in [0.1, 0.15) is 31.8 Å². The smallest absolute Gasteiger partial charge is 0.343 e. The standard InChI is InChI=1S/C27H26N2O5S/c1-19-13-15-21(16-14-19)27(31)34-26-22-11-7-8-12-23(22)35(32,33)29(18-17-28(2)3)24(26)25(30)20-9-5-4-6-10-20/h4-16H,17-18H2,1-3H3. The largest absolute Gasteiger partial charge is 0.420 e. The fourth-order valence-corrected chi connectivity index (χ4v) is 5.42. The zero-order valence-corrected chi connectivity index (χ0v) is 20.6. The van der Waals surface area contributed by atoms with Gasteiger partial charge in [-0.25, -0.2) is 13.2 Å². The molecule has 0 unspecified atom stereocenters. The molecule has 0 radical (unpaired) electrons. The molecule has 1 aliphatic rings. The zero-order chi connectivity index (χ0) is 25.2. The van der Waals surface area contributed by atoms with Crippen molar-refractivity contribution in [2.45, 2.75) is 11.8 Å². The molecule has 0 N–H and O–H groups in total. The van der Waals surface area contributed by atoms with Crippen molar-refractivity contribution in [2.24, 2.45) is 0 Å². The van der Waals surface area contributed by atoms with E-state index in [1.165, 1.54) is 6.07 Å². The van der Waals surface area contributed by atoms with Crippen LogP contribution in [0.15, 0.2) is 89.5 Å². The van der Waals surface area contributed by atoms with E-state index >= 15 is 0 Å².